The third-order valence-electron chi connectivity index (χ3n) is 3.80. The smallest absolute Gasteiger partial charge is 0.307 e. The molecule has 10 heteroatoms. The van der Waals surface area contributed by atoms with E-state index in [1.54, 1.807) is 24.3 Å². The van der Waals surface area contributed by atoms with Gasteiger partial charge < -0.3 is 15.4 Å². The first-order chi connectivity index (χ1) is 13.9. The quantitative estimate of drug-likeness (QED) is 0.502. The molecule has 0 bridgehead atoms. The topological polar surface area (TPSA) is 84.5 Å². The minimum atomic E-state index is -2.63. The summed E-state index contributed by atoms with van der Waals surface area (Å²) < 4.78 is 30.1. The van der Waals surface area contributed by atoms with Gasteiger partial charge >= 0.3 is 5.97 Å². The summed E-state index contributed by atoms with van der Waals surface area (Å²) in [5, 5.41) is 4.50. The van der Waals surface area contributed by atoms with E-state index in [9.17, 15) is 23.2 Å². The molecule has 0 spiro atoms. The number of hydrogen-bond donors (Lipinski definition) is 2. The predicted molar refractivity (Wildman–Crippen MR) is 107 cm³/mol. The van der Waals surface area contributed by atoms with E-state index in [2.05, 4.69) is 10.6 Å². The molecule has 1 unspecified atom stereocenters. The van der Waals surface area contributed by atoms with Crippen molar-refractivity contribution >= 4 is 52.7 Å². The number of rotatable bonds is 7. The number of ether oxygens (including phenoxy) is 1. The molecule has 29 heavy (non-hydrogen) atoms. The van der Waals surface area contributed by atoms with Gasteiger partial charge in [-0.2, -0.15) is 8.78 Å². The van der Waals surface area contributed by atoms with Crippen LogP contribution in [0.5, 0.6) is 0 Å². The summed E-state index contributed by atoms with van der Waals surface area (Å²) in [6.07, 6.45) is -0.198. The van der Waals surface area contributed by atoms with E-state index < -0.39 is 29.5 Å². The highest BCUT2D eigenvalue weighted by Crippen LogP contribution is 2.36. The van der Waals surface area contributed by atoms with Gasteiger partial charge in [-0.3, -0.25) is 14.4 Å². The Bertz CT molecular complexity index is 927. The van der Waals surface area contributed by atoms with Gasteiger partial charge in [0.05, 0.1) is 23.0 Å². The van der Waals surface area contributed by atoms with Crippen molar-refractivity contribution in [3.8, 4) is 0 Å². The predicted octanol–water partition coefficient (Wildman–Crippen LogP) is 3.99. The highest BCUT2D eigenvalue weighted by atomic mass is 32.2. The van der Waals surface area contributed by atoms with Crippen LogP contribution >= 0.6 is 23.5 Å². The summed E-state index contributed by atoms with van der Waals surface area (Å²) in [6.45, 7) is -0.581. The number of amides is 2. The average Bonchev–Trinajstić information content (AvgIpc) is 2.68. The lowest BCUT2D eigenvalue weighted by atomic mass is 10.2. The molecule has 2 amide bonds. The minimum Gasteiger partial charge on any atom is -0.456 e. The number of halogens is 2. The van der Waals surface area contributed by atoms with Crippen LogP contribution in [0.15, 0.2) is 58.3 Å². The summed E-state index contributed by atoms with van der Waals surface area (Å²) in [5.74, 6) is -4.31. The van der Waals surface area contributed by atoms with E-state index >= 15 is 0 Å². The number of fused-ring (bicyclic) bond motifs is 1. The van der Waals surface area contributed by atoms with Gasteiger partial charge in [-0.1, -0.05) is 36.0 Å². The van der Waals surface area contributed by atoms with E-state index in [-0.39, 0.29) is 22.9 Å². The summed E-state index contributed by atoms with van der Waals surface area (Å²) >= 11 is 1.56. The van der Waals surface area contributed by atoms with Gasteiger partial charge in [0.2, 0.25) is 5.91 Å². The number of anilines is 2. The number of carbonyl (C=O) groups excluding carboxylic acids is 3. The Balaban J connectivity index is 1.50. The van der Waals surface area contributed by atoms with Gasteiger partial charge in [-0.15, -0.1) is 11.8 Å². The molecular formula is C19H16F2N2O4S2. The number of benzene rings is 2. The standard InChI is InChI=1S/C19H16F2N2O4S2/c20-19(21)29-14-8-4-1-5-11(14)22-16(24)10-27-17(25)9-15-18(26)23-12-6-2-3-7-13(12)28-15/h1-8,15,19H,9-10H2,(H,22,24)(H,23,26). The third kappa shape index (κ3) is 5.94. The van der Waals surface area contributed by atoms with Gasteiger partial charge in [-0.25, -0.2) is 0 Å². The lowest BCUT2D eigenvalue weighted by molar-refractivity contribution is -0.147. The Labute approximate surface area is 173 Å². The Hall–Kier alpha value is -2.59. The second-order valence-corrected chi connectivity index (χ2v) is 8.16. The maximum absolute atomic E-state index is 12.6. The molecule has 2 N–H and O–H groups in total. The normalized spacial score (nSPS) is 15.4. The minimum absolute atomic E-state index is 0.198. The first-order valence-electron chi connectivity index (χ1n) is 8.48. The maximum Gasteiger partial charge on any atom is 0.307 e. The SMILES string of the molecule is O=C(COC(=O)CC1Sc2ccccc2NC1=O)Nc1ccccc1SC(F)F. The van der Waals surface area contributed by atoms with Crippen molar-refractivity contribution in [3.63, 3.8) is 0 Å². The molecule has 6 nitrogen and oxygen atoms in total. The highest BCUT2D eigenvalue weighted by molar-refractivity contribution is 8.01. The van der Waals surface area contributed by atoms with Gasteiger partial charge in [0, 0.05) is 9.79 Å². The molecule has 0 aromatic heterocycles. The largest absolute Gasteiger partial charge is 0.456 e. The van der Waals surface area contributed by atoms with Crippen molar-refractivity contribution in [2.75, 3.05) is 17.2 Å². The van der Waals surface area contributed by atoms with Crippen molar-refractivity contribution in [2.45, 2.75) is 27.2 Å². The molecule has 0 fully saturated rings. The second-order valence-electron chi connectivity index (χ2n) is 5.88. The summed E-state index contributed by atoms with van der Waals surface area (Å²) in [4.78, 5) is 37.2. The Kier molecular flexibility index (Phi) is 7.10. The van der Waals surface area contributed by atoms with Gasteiger partial charge in [0.15, 0.2) is 6.61 Å². The summed E-state index contributed by atoms with van der Waals surface area (Å²) in [7, 11) is 0. The van der Waals surface area contributed by atoms with Crippen LogP contribution in [0.25, 0.3) is 0 Å². The zero-order valence-corrected chi connectivity index (χ0v) is 16.5. The number of nitrogens with one attached hydrogen (secondary N) is 2. The van der Waals surface area contributed by atoms with Crippen LogP contribution in [0, 0.1) is 0 Å². The number of carbonyl (C=O) groups is 3. The van der Waals surface area contributed by atoms with Gasteiger partial charge in [-0.05, 0) is 24.3 Å². The van der Waals surface area contributed by atoms with Crippen LogP contribution in [-0.4, -0.2) is 35.4 Å². The number of alkyl halides is 2. The van der Waals surface area contributed by atoms with E-state index in [0.717, 1.165) is 4.90 Å². The number of hydrogen-bond acceptors (Lipinski definition) is 6. The molecule has 1 atom stereocenters. The van der Waals surface area contributed by atoms with Crippen molar-refractivity contribution in [2.24, 2.45) is 0 Å². The molecule has 1 heterocycles. The zero-order valence-electron chi connectivity index (χ0n) is 14.9. The van der Waals surface area contributed by atoms with Crippen LogP contribution < -0.4 is 10.6 Å². The lowest BCUT2D eigenvalue weighted by Gasteiger charge is -2.23. The fraction of sp³-hybridized carbons (Fsp3) is 0.211. The molecule has 3 rings (SSSR count). The Morgan fingerprint density at radius 1 is 1.17 bits per heavy atom. The average molecular weight is 438 g/mol. The van der Waals surface area contributed by atoms with Crippen molar-refractivity contribution in [3.05, 3.63) is 48.5 Å². The molecule has 0 saturated heterocycles. The first kappa shape index (κ1) is 21.1. The second kappa shape index (κ2) is 9.75. The van der Waals surface area contributed by atoms with E-state index in [0.29, 0.717) is 17.4 Å². The van der Waals surface area contributed by atoms with Crippen LogP contribution in [0.2, 0.25) is 0 Å². The molecular weight excluding hydrogens is 422 g/mol. The Morgan fingerprint density at radius 3 is 2.69 bits per heavy atom. The van der Waals surface area contributed by atoms with E-state index in [1.807, 2.05) is 12.1 Å². The van der Waals surface area contributed by atoms with Gasteiger partial charge in [0.1, 0.15) is 0 Å². The van der Waals surface area contributed by atoms with Crippen LogP contribution in [0.1, 0.15) is 6.42 Å². The maximum atomic E-state index is 12.6. The molecule has 2 aromatic carbocycles. The van der Waals surface area contributed by atoms with Crippen LogP contribution in [0.4, 0.5) is 20.2 Å². The number of thioether (sulfide) groups is 2. The number of para-hydroxylation sites is 2. The first-order valence-corrected chi connectivity index (χ1v) is 10.2. The fourth-order valence-corrected chi connectivity index (χ4v) is 4.23. The van der Waals surface area contributed by atoms with E-state index in [1.165, 1.54) is 23.9 Å². The zero-order chi connectivity index (χ0) is 20.8. The molecule has 0 aliphatic carbocycles. The van der Waals surface area contributed by atoms with Crippen molar-refractivity contribution in [1.82, 2.24) is 0 Å². The molecule has 1 aliphatic heterocycles. The highest BCUT2D eigenvalue weighted by Gasteiger charge is 2.29. The Morgan fingerprint density at radius 2 is 1.90 bits per heavy atom. The molecule has 1 aliphatic rings. The lowest BCUT2D eigenvalue weighted by Crippen LogP contribution is -2.32. The fourth-order valence-electron chi connectivity index (χ4n) is 2.54. The molecule has 0 radical (unpaired) electrons. The molecule has 152 valence electrons. The van der Waals surface area contributed by atoms with Crippen molar-refractivity contribution in [1.29, 1.82) is 0 Å². The van der Waals surface area contributed by atoms with Gasteiger partial charge in [0.25, 0.3) is 11.7 Å². The molecule has 2 aromatic rings. The van der Waals surface area contributed by atoms with Crippen LogP contribution in [0.3, 0.4) is 0 Å². The monoisotopic (exact) mass is 438 g/mol. The van der Waals surface area contributed by atoms with E-state index in [4.69, 9.17) is 4.74 Å². The summed E-state index contributed by atoms with van der Waals surface area (Å²) in [5.41, 5.74) is 0.893. The third-order valence-corrected chi connectivity index (χ3v) is 5.86. The molecule has 0 saturated carbocycles. The van der Waals surface area contributed by atoms with Crippen LogP contribution in [-0.2, 0) is 19.1 Å². The number of esters is 1. The van der Waals surface area contributed by atoms with Crippen molar-refractivity contribution < 1.29 is 27.9 Å². The summed E-state index contributed by atoms with van der Waals surface area (Å²) in [6, 6.07) is 13.3.